The molecule has 0 bridgehead atoms. The molecule has 0 aliphatic rings. The molecule has 1 aromatic carbocycles. The van der Waals surface area contributed by atoms with Crippen molar-refractivity contribution in [2.45, 2.75) is 6.54 Å². The molecule has 8 heteroatoms. The summed E-state index contributed by atoms with van der Waals surface area (Å²) in [5.41, 5.74) is 7.96. The zero-order chi connectivity index (χ0) is 18.5. The number of non-ortho nitro benzene ring substituents is 1. The Kier molecular flexibility index (Phi) is 5.35. The Balaban J connectivity index is 2.06. The van der Waals surface area contributed by atoms with Gasteiger partial charge in [0.15, 0.2) is 0 Å². The predicted octanol–water partition coefficient (Wildman–Crippen LogP) is 2.69. The second kappa shape index (κ2) is 7.85. The molecule has 0 radical (unpaired) electrons. The quantitative estimate of drug-likeness (QED) is 0.394. The Bertz CT molecular complexity index is 946. The van der Waals surface area contributed by atoms with Gasteiger partial charge in [-0.3, -0.25) is 15.1 Å². The highest BCUT2D eigenvalue weighted by atomic mass is 16.6. The van der Waals surface area contributed by atoms with Crippen LogP contribution in [0.25, 0.3) is 22.2 Å². The molecular weight excluding hydrogens is 336 g/mol. The molecule has 3 aromatic rings. The van der Waals surface area contributed by atoms with Crippen molar-refractivity contribution in [3.8, 4) is 17.0 Å². The van der Waals surface area contributed by atoms with Gasteiger partial charge in [0.25, 0.3) is 5.69 Å². The Labute approximate surface area is 149 Å². The van der Waals surface area contributed by atoms with E-state index in [4.69, 9.17) is 15.2 Å². The molecule has 0 atom stereocenters. The van der Waals surface area contributed by atoms with Crippen LogP contribution in [0.5, 0.6) is 5.75 Å². The van der Waals surface area contributed by atoms with Gasteiger partial charge in [0.05, 0.1) is 29.0 Å². The van der Waals surface area contributed by atoms with Crippen LogP contribution in [0.2, 0.25) is 0 Å². The van der Waals surface area contributed by atoms with E-state index in [0.29, 0.717) is 42.1 Å². The molecule has 2 heterocycles. The SMILES string of the molecule is COCCOc1cc([N+](=O)[O-])c2nc(-c3ccnc(CN)c3)ccc2c1. The fraction of sp³-hybridized carbons (Fsp3) is 0.222. The minimum absolute atomic E-state index is 0.107. The fourth-order valence-corrected chi connectivity index (χ4v) is 2.56. The van der Waals surface area contributed by atoms with Gasteiger partial charge in [0, 0.05) is 30.8 Å². The number of hydrogen-bond acceptors (Lipinski definition) is 7. The van der Waals surface area contributed by atoms with Crippen molar-refractivity contribution in [1.82, 2.24) is 9.97 Å². The summed E-state index contributed by atoms with van der Waals surface area (Å²) < 4.78 is 10.4. The van der Waals surface area contributed by atoms with E-state index in [1.807, 2.05) is 6.07 Å². The summed E-state index contributed by atoms with van der Waals surface area (Å²) >= 11 is 0. The fourth-order valence-electron chi connectivity index (χ4n) is 2.56. The number of nitrogens with two attached hydrogens (primary N) is 1. The first kappa shape index (κ1) is 17.7. The summed E-state index contributed by atoms with van der Waals surface area (Å²) in [6, 6.07) is 10.3. The number of ether oxygens (including phenoxy) is 2. The maximum Gasteiger partial charge on any atom is 0.299 e. The van der Waals surface area contributed by atoms with Crippen LogP contribution in [0.4, 0.5) is 5.69 Å². The van der Waals surface area contributed by atoms with Crippen LogP contribution >= 0.6 is 0 Å². The predicted molar refractivity (Wildman–Crippen MR) is 96.9 cm³/mol. The number of nitro benzene ring substituents is 1. The van der Waals surface area contributed by atoms with Crippen LogP contribution < -0.4 is 10.5 Å². The molecule has 2 N–H and O–H groups in total. The molecule has 0 saturated carbocycles. The van der Waals surface area contributed by atoms with Gasteiger partial charge in [0.1, 0.15) is 17.9 Å². The summed E-state index contributed by atoms with van der Waals surface area (Å²) in [5.74, 6) is 0.408. The summed E-state index contributed by atoms with van der Waals surface area (Å²) in [4.78, 5) is 19.7. The van der Waals surface area contributed by atoms with Crippen LogP contribution in [0, 0.1) is 10.1 Å². The van der Waals surface area contributed by atoms with Crippen LogP contribution in [0.3, 0.4) is 0 Å². The Morgan fingerprint density at radius 1 is 1.19 bits per heavy atom. The van der Waals surface area contributed by atoms with Gasteiger partial charge >= 0.3 is 0 Å². The van der Waals surface area contributed by atoms with Crippen LogP contribution in [0.1, 0.15) is 5.69 Å². The highest BCUT2D eigenvalue weighted by molar-refractivity contribution is 5.90. The topological polar surface area (TPSA) is 113 Å². The third-order valence-electron chi connectivity index (χ3n) is 3.82. The smallest absolute Gasteiger partial charge is 0.299 e. The van der Waals surface area contributed by atoms with E-state index in [1.54, 1.807) is 37.6 Å². The molecule has 0 aliphatic carbocycles. The molecule has 0 fully saturated rings. The first-order valence-corrected chi connectivity index (χ1v) is 7.98. The Hall–Kier alpha value is -3.10. The molecule has 0 amide bonds. The van der Waals surface area contributed by atoms with Gasteiger partial charge in [-0.25, -0.2) is 4.98 Å². The molecule has 8 nitrogen and oxygen atoms in total. The average molecular weight is 354 g/mol. The highest BCUT2D eigenvalue weighted by Crippen LogP contribution is 2.32. The number of pyridine rings is 2. The third kappa shape index (κ3) is 3.76. The summed E-state index contributed by atoms with van der Waals surface area (Å²) in [6.07, 6.45) is 1.64. The lowest BCUT2D eigenvalue weighted by Crippen LogP contribution is -2.05. The molecule has 0 saturated heterocycles. The Morgan fingerprint density at radius 2 is 2.04 bits per heavy atom. The third-order valence-corrected chi connectivity index (χ3v) is 3.82. The van der Waals surface area contributed by atoms with Crippen molar-refractivity contribution in [3.63, 3.8) is 0 Å². The second-order valence-corrected chi connectivity index (χ2v) is 5.55. The lowest BCUT2D eigenvalue weighted by atomic mass is 10.1. The van der Waals surface area contributed by atoms with E-state index in [-0.39, 0.29) is 5.69 Å². The van der Waals surface area contributed by atoms with Crippen LogP contribution in [0.15, 0.2) is 42.6 Å². The highest BCUT2D eigenvalue weighted by Gasteiger charge is 2.17. The molecule has 134 valence electrons. The standard InChI is InChI=1S/C18H18N4O4/c1-25-6-7-26-15-9-13-2-3-16(12-4-5-20-14(8-12)11-19)21-18(13)17(10-15)22(23)24/h2-5,8-10H,6-7,11,19H2,1H3. The number of methoxy groups -OCH3 is 1. The largest absolute Gasteiger partial charge is 0.491 e. The number of aromatic nitrogens is 2. The maximum atomic E-state index is 11.5. The van der Waals surface area contributed by atoms with Gasteiger partial charge in [-0.2, -0.15) is 0 Å². The number of benzene rings is 1. The van der Waals surface area contributed by atoms with Crippen LogP contribution in [-0.4, -0.2) is 35.2 Å². The number of nitro groups is 1. The summed E-state index contributed by atoms with van der Waals surface area (Å²) in [6.45, 7) is 1.02. The molecule has 2 aromatic heterocycles. The summed E-state index contributed by atoms with van der Waals surface area (Å²) in [5, 5.41) is 12.1. The zero-order valence-corrected chi connectivity index (χ0v) is 14.2. The normalized spacial score (nSPS) is 10.8. The molecule has 0 aliphatic heterocycles. The minimum atomic E-state index is -0.458. The van der Waals surface area contributed by atoms with E-state index in [1.165, 1.54) is 6.07 Å². The van der Waals surface area contributed by atoms with Gasteiger partial charge in [0.2, 0.25) is 0 Å². The molecule has 26 heavy (non-hydrogen) atoms. The van der Waals surface area contributed by atoms with Gasteiger partial charge in [-0.15, -0.1) is 0 Å². The van der Waals surface area contributed by atoms with Crippen molar-refractivity contribution >= 4 is 16.6 Å². The zero-order valence-electron chi connectivity index (χ0n) is 14.2. The first-order valence-electron chi connectivity index (χ1n) is 7.98. The number of rotatable bonds is 7. The van der Waals surface area contributed by atoms with E-state index in [0.717, 1.165) is 11.3 Å². The van der Waals surface area contributed by atoms with Crippen molar-refractivity contribution in [3.05, 3.63) is 58.4 Å². The van der Waals surface area contributed by atoms with Gasteiger partial charge in [-0.1, -0.05) is 6.07 Å². The van der Waals surface area contributed by atoms with E-state index in [2.05, 4.69) is 9.97 Å². The molecule has 0 unspecified atom stereocenters. The van der Waals surface area contributed by atoms with Crippen molar-refractivity contribution in [1.29, 1.82) is 0 Å². The molecule has 0 spiro atoms. The van der Waals surface area contributed by atoms with Crippen molar-refractivity contribution in [2.24, 2.45) is 5.73 Å². The second-order valence-electron chi connectivity index (χ2n) is 5.55. The molecular formula is C18H18N4O4. The van der Waals surface area contributed by atoms with Crippen molar-refractivity contribution < 1.29 is 14.4 Å². The van der Waals surface area contributed by atoms with Gasteiger partial charge < -0.3 is 15.2 Å². The monoisotopic (exact) mass is 354 g/mol. The van der Waals surface area contributed by atoms with Crippen LogP contribution in [-0.2, 0) is 11.3 Å². The Morgan fingerprint density at radius 3 is 2.77 bits per heavy atom. The van der Waals surface area contributed by atoms with Gasteiger partial charge in [-0.05, 0) is 24.3 Å². The van der Waals surface area contributed by atoms with Crippen molar-refractivity contribution in [2.75, 3.05) is 20.3 Å². The number of nitrogens with zero attached hydrogens (tertiary/aromatic N) is 3. The molecule has 3 rings (SSSR count). The van der Waals surface area contributed by atoms with E-state index >= 15 is 0 Å². The lowest BCUT2D eigenvalue weighted by Gasteiger charge is -2.09. The average Bonchev–Trinajstić information content (AvgIpc) is 2.67. The van der Waals surface area contributed by atoms with E-state index < -0.39 is 4.92 Å². The number of fused-ring (bicyclic) bond motifs is 1. The maximum absolute atomic E-state index is 11.5. The van der Waals surface area contributed by atoms with E-state index in [9.17, 15) is 10.1 Å². The summed E-state index contributed by atoms with van der Waals surface area (Å²) in [7, 11) is 1.56. The minimum Gasteiger partial charge on any atom is -0.491 e. The first-order chi connectivity index (χ1) is 12.6. The lowest BCUT2D eigenvalue weighted by molar-refractivity contribution is -0.383. The number of hydrogen-bond donors (Lipinski definition) is 1.